The average molecular weight is 369 g/mol. The summed E-state index contributed by atoms with van der Waals surface area (Å²) in [6.45, 7) is 7.40. The number of nitrogens with zero attached hydrogens (tertiary/aromatic N) is 2. The van der Waals surface area contributed by atoms with Crippen molar-refractivity contribution in [3.63, 3.8) is 0 Å². The number of ether oxygens (including phenoxy) is 2. The van der Waals surface area contributed by atoms with Crippen molar-refractivity contribution in [2.75, 3.05) is 18.1 Å². The lowest BCUT2D eigenvalue weighted by molar-refractivity contribution is -0.139. The second kappa shape index (κ2) is 8.90. The third-order valence-electron chi connectivity index (χ3n) is 3.98. The van der Waals surface area contributed by atoms with Crippen LogP contribution < -0.4 is 10.2 Å². The summed E-state index contributed by atoms with van der Waals surface area (Å²) in [4.78, 5) is 26.9. The normalized spacial score (nSPS) is 13.8. The van der Waals surface area contributed by atoms with Gasteiger partial charge in [0.2, 0.25) is 0 Å². The number of nitrogens with one attached hydrogen (secondary N) is 1. The summed E-state index contributed by atoms with van der Waals surface area (Å²) in [6, 6.07) is 8.89. The molecule has 0 spiro atoms. The highest BCUT2D eigenvalue weighted by Crippen LogP contribution is 2.34. The predicted octanol–water partition coefficient (Wildman–Crippen LogP) is 2.95. The Hall–Kier alpha value is -3.27. The topological polar surface area (TPSA) is 91.7 Å². The van der Waals surface area contributed by atoms with Crippen molar-refractivity contribution >= 4 is 17.6 Å². The van der Waals surface area contributed by atoms with Crippen LogP contribution in [-0.2, 0) is 19.1 Å². The molecule has 0 bridgehead atoms. The van der Waals surface area contributed by atoms with Gasteiger partial charge in [0.15, 0.2) is 11.4 Å². The molecule has 0 aromatic heterocycles. The summed E-state index contributed by atoms with van der Waals surface area (Å²) in [6.07, 6.45) is 0.507. The molecule has 1 aromatic rings. The van der Waals surface area contributed by atoms with Gasteiger partial charge in [0.25, 0.3) is 0 Å². The minimum absolute atomic E-state index is 0.153. The van der Waals surface area contributed by atoms with E-state index >= 15 is 0 Å². The molecular formula is C20H23N3O4. The van der Waals surface area contributed by atoms with Crippen molar-refractivity contribution in [2.45, 2.75) is 34.1 Å². The van der Waals surface area contributed by atoms with Gasteiger partial charge in [0.1, 0.15) is 6.07 Å². The van der Waals surface area contributed by atoms with Crippen LogP contribution in [0.2, 0.25) is 0 Å². The van der Waals surface area contributed by atoms with Gasteiger partial charge in [-0.05, 0) is 39.3 Å². The molecule has 0 aliphatic carbocycles. The predicted molar refractivity (Wildman–Crippen MR) is 100 cm³/mol. The molecule has 1 aliphatic heterocycles. The fraction of sp³-hybridized carbons (Fsp3) is 0.350. The zero-order chi connectivity index (χ0) is 20.0. The van der Waals surface area contributed by atoms with E-state index in [1.54, 1.807) is 45.0 Å². The summed E-state index contributed by atoms with van der Waals surface area (Å²) in [5.74, 6) is -1.17. The van der Waals surface area contributed by atoms with Crippen LogP contribution in [0.5, 0.6) is 0 Å². The first-order valence-electron chi connectivity index (χ1n) is 8.84. The zero-order valence-electron chi connectivity index (χ0n) is 16.0. The number of anilines is 1. The number of rotatable bonds is 6. The molecule has 0 amide bonds. The Morgan fingerprint density at radius 2 is 1.67 bits per heavy atom. The molecule has 2 rings (SSSR count). The number of hydrogen-bond acceptors (Lipinski definition) is 7. The van der Waals surface area contributed by atoms with Gasteiger partial charge in [-0.3, -0.25) is 4.90 Å². The average Bonchev–Trinajstić information content (AvgIpc) is 2.67. The molecule has 1 aliphatic rings. The Balaban J connectivity index is 2.77. The van der Waals surface area contributed by atoms with Gasteiger partial charge in [-0.25, -0.2) is 9.59 Å². The van der Waals surface area contributed by atoms with E-state index in [1.807, 2.05) is 6.92 Å². The molecular weight excluding hydrogens is 346 g/mol. The van der Waals surface area contributed by atoms with Crippen LogP contribution in [0, 0.1) is 11.3 Å². The second-order valence-corrected chi connectivity index (χ2v) is 5.68. The molecule has 7 heteroatoms. The minimum Gasteiger partial charge on any atom is -0.461 e. The molecule has 27 heavy (non-hydrogen) atoms. The Morgan fingerprint density at radius 3 is 2.22 bits per heavy atom. The smallest absolute Gasteiger partial charge is 0.357 e. The summed E-state index contributed by atoms with van der Waals surface area (Å²) in [5, 5.41) is 12.7. The highest BCUT2D eigenvalue weighted by atomic mass is 16.5. The highest BCUT2D eigenvalue weighted by Gasteiger charge is 2.37. The molecule has 0 radical (unpaired) electrons. The van der Waals surface area contributed by atoms with E-state index in [9.17, 15) is 14.9 Å². The fourth-order valence-electron chi connectivity index (χ4n) is 2.88. The van der Waals surface area contributed by atoms with Crippen LogP contribution in [0.4, 0.5) is 5.69 Å². The van der Waals surface area contributed by atoms with Crippen molar-refractivity contribution in [2.24, 2.45) is 0 Å². The standard InChI is InChI=1S/C20H23N3O4/c1-5-15-18(20(25)27-7-3)23(16-11-9-8-10-14(16)12-21)17(13(4)22-15)19(24)26-6-2/h8-11,22H,5-7H2,1-4H3. The Bertz CT molecular complexity index is 849. The van der Waals surface area contributed by atoms with Gasteiger partial charge in [0.05, 0.1) is 24.5 Å². The van der Waals surface area contributed by atoms with E-state index in [1.165, 1.54) is 4.90 Å². The van der Waals surface area contributed by atoms with Crippen LogP contribution >= 0.6 is 0 Å². The first-order chi connectivity index (χ1) is 13.0. The maximum Gasteiger partial charge on any atom is 0.357 e. The van der Waals surface area contributed by atoms with Gasteiger partial charge in [0, 0.05) is 11.4 Å². The van der Waals surface area contributed by atoms with Crippen molar-refractivity contribution in [1.29, 1.82) is 5.26 Å². The van der Waals surface area contributed by atoms with Crippen molar-refractivity contribution in [1.82, 2.24) is 5.32 Å². The molecule has 0 fully saturated rings. The molecule has 1 heterocycles. The third kappa shape index (κ3) is 3.95. The molecule has 0 saturated carbocycles. The van der Waals surface area contributed by atoms with Gasteiger partial charge in [-0.2, -0.15) is 5.26 Å². The van der Waals surface area contributed by atoms with Gasteiger partial charge < -0.3 is 14.8 Å². The van der Waals surface area contributed by atoms with E-state index in [0.29, 0.717) is 29.1 Å². The van der Waals surface area contributed by atoms with Crippen LogP contribution in [0.3, 0.4) is 0 Å². The Labute approximate surface area is 158 Å². The lowest BCUT2D eigenvalue weighted by atomic mass is 10.1. The molecule has 1 N–H and O–H groups in total. The monoisotopic (exact) mass is 369 g/mol. The van der Waals surface area contributed by atoms with E-state index in [0.717, 1.165) is 0 Å². The van der Waals surface area contributed by atoms with Gasteiger partial charge >= 0.3 is 11.9 Å². The largest absolute Gasteiger partial charge is 0.461 e. The zero-order valence-corrected chi connectivity index (χ0v) is 16.0. The maximum atomic E-state index is 12.8. The van der Waals surface area contributed by atoms with E-state index in [2.05, 4.69) is 11.4 Å². The Kier molecular flexibility index (Phi) is 6.61. The molecule has 0 atom stereocenters. The minimum atomic E-state index is -0.591. The van der Waals surface area contributed by atoms with E-state index in [-0.39, 0.29) is 24.6 Å². The van der Waals surface area contributed by atoms with Gasteiger partial charge in [-0.1, -0.05) is 19.1 Å². The first kappa shape index (κ1) is 20.0. The van der Waals surface area contributed by atoms with Gasteiger partial charge in [-0.15, -0.1) is 0 Å². The van der Waals surface area contributed by atoms with Crippen LogP contribution in [-0.4, -0.2) is 25.2 Å². The highest BCUT2D eigenvalue weighted by molar-refractivity contribution is 6.03. The number of esters is 2. The first-order valence-corrected chi connectivity index (χ1v) is 8.84. The molecule has 142 valence electrons. The van der Waals surface area contributed by atoms with Crippen LogP contribution in [0.1, 0.15) is 39.7 Å². The summed E-state index contributed by atoms with van der Waals surface area (Å²) in [7, 11) is 0. The molecule has 1 aromatic carbocycles. The quantitative estimate of drug-likeness (QED) is 0.771. The van der Waals surface area contributed by atoms with Crippen molar-refractivity contribution in [3.8, 4) is 6.07 Å². The van der Waals surface area contributed by atoms with Crippen molar-refractivity contribution in [3.05, 3.63) is 52.6 Å². The number of para-hydroxylation sites is 1. The summed E-state index contributed by atoms with van der Waals surface area (Å²) >= 11 is 0. The molecule has 7 nitrogen and oxygen atoms in total. The fourth-order valence-corrected chi connectivity index (χ4v) is 2.88. The molecule has 0 unspecified atom stereocenters. The van der Waals surface area contributed by atoms with E-state index in [4.69, 9.17) is 9.47 Å². The number of carbonyl (C=O) groups is 2. The lowest BCUT2D eigenvalue weighted by Crippen LogP contribution is -2.41. The molecule has 0 saturated heterocycles. The summed E-state index contributed by atoms with van der Waals surface area (Å²) in [5.41, 5.74) is 2.21. The number of nitriles is 1. The SMILES string of the molecule is CCOC(=O)C1=C(C)NC(CC)=C(C(=O)OCC)N1c1ccccc1C#N. The number of allylic oxidation sites excluding steroid dienone is 2. The van der Waals surface area contributed by atoms with Crippen molar-refractivity contribution < 1.29 is 19.1 Å². The second-order valence-electron chi connectivity index (χ2n) is 5.68. The number of hydrogen-bond donors (Lipinski definition) is 1. The lowest BCUT2D eigenvalue weighted by Gasteiger charge is -2.35. The third-order valence-corrected chi connectivity index (χ3v) is 3.98. The number of benzene rings is 1. The maximum absolute atomic E-state index is 12.8. The number of carbonyl (C=O) groups excluding carboxylic acids is 2. The van der Waals surface area contributed by atoms with Crippen LogP contribution in [0.15, 0.2) is 47.1 Å². The van der Waals surface area contributed by atoms with E-state index < -0.39 is 11.9 Å². The summed E-state index contributed by atoms with van der Waals surface area (Å²) < 4.78 is 10.4. The Morgan fingerprint density at radius 1 is 1.07 bits per heavy atom. The van der Waals surface area contributed by atoms with Crippen LogP contribution in [0.25, 0.3) is 0 Å².